The van der Waals surface area contributed by atoms with Gasteiger partial charge in [0.15, 0.2) is 0 Å². The highest BCUT2D eigenvalue weighted by atomic mass is 16.2. The lowest BCUT2D eigenvalue weighted by Crippen LogP contribution is -2.44. The molecule has 2 aliphatic rings. The van der Waals surface area contributed by atoms with Gasteiger partial charge in [0.1, 0.15) is 0 Å². The summed E-state index contributed by atoms with van der Waals surface area (Å²) in [5.74, 6) is 0.818. The van der Waals surface area contributed by atoms with Crippen LogP contribution in [0.5, 0.6) is 0 Å². The van der Waals surface area contributed by atoms with E-state index in [0.717, 1.165) is 31.8 Å². The molecule has 1 heterocycles. The fraction of sp³-hybridized carbons (Fsp3) is 0.611. The van der Waals surface area contributed by atoms with Crippen LogP contribution in [0.4, 0.5) is 4.79 Å². The first kappa shape index (κ1) is 15.3. The minimum absolute atomic E-state index is 0.0196. The summed E-state index contributed by atoms with van der Waals surface area (Å²) in [6.07, 6.45) is 4.74. The summed E-state index contributed by atoms with van der Waals surface area (Å²) in [6, 6.07) is 11.2. The number of urea groups is 1. The Bertz CT molecular complexity index is 478. The van der Waals surface area contributed by atoms with E-state index in [0.29, 0.717) is 12.6 Å². The molecule has 2 N–H and O–H groups in total. The van der Waals surface area contributed by atoms with Crippen molar-refractivity contribution in [2.45, 2.75) is 44.7 Å². The molecule has 4 nitrogen and oxygen atoms in total. The Morgan fingerprint density at radius 3 is 2.50 bits per heavy atom. The molecule has 22 heavy (non-hydrogen) atoms. The standard InChI is InChI=1S/C18H27N3O/c1-14-9-11-21(12-10-14)17(15-5-3-2-4-6-15)13-19-18(22)20-16-7-8-16/h2-6,14,16-17H,7-13H2,1H3,(H2,19,20,22). The van der Waals surface area contributed by atoms with E-state index in [4.69, 9.17) is 0 Å². The second-order valence-corrected chi connectivity index (χ2v) is 6.77. The molecule has 1 unspecified atom stereocenters. The van der Waals surface area contributed by atoms with Crippen LogP contribution in [0.25, 0.3) is 0 Å². The van der Waals surface area contributed by atoms with E-state index < -0.39 is 0 Å². The SMILES string of the molecule is CC1CCN(C(CNC(=O)NC2CC2)c2ccccc2)CC1. The fourth-order valence-electron chi connectivity index (χ4n) is 3.13. The third-order valence-electron chi connectivity index (χ3n) is 4.81. The molecule has 0 aromatic heterocycles. The van der Waals surface area contributed by atoms with Crippen LogP contribution < -0.4 is 10.6 Å². The molecular weight excluding hydrogens is 274 g/mol. The van der Waals surface area contributed by atoms with E-state index in [1.807, 2.05) is 6.07 Å². The second-order valence-electron chi connectivity index (χ2n) is 6.77. The molecule has 1 aromatic carbocycles. The van der Waals surface area contributed by atoms with E-state index in [2.05, 4.69) is 46.7 Å². The van der Waals surface area contributed by atoms with Crippen molar-refractivity contribution in [3.63, 3.8) is 0 Å². The van der Waals surface area contributed by atoms with Crippen LogP contribution in [0.3, 0.4) is 0 Å². The van der Waals surface area contributed by atoms with Crippen LogP contribution in [0.1, 0.15) is 44.2 Å². The Hall–Kier alpha value is -1.55. The molecule has 1 saturated carbocycles. The Kier molecular flexibility index (Phi) is 4.98. The number of rotatable bonds is 5. The molecule has 1 aliphatic carbocycles. The summed E-state index contributed by atoms with van der Waals surface area (Å²) in [5.41, 5.74) is 1.30. The number of nitrogens with zero attached hydrogens (tertiary/aromatic N) is 1. The lowest BCUT2D eigenvalue weighted by atomic mass is 9.96. The van der Waals surface area contributed by atoms with Crippen molar-refractivity contribution in [3.05, 3.63) is 35.9 Å². The maximum absolute atomic E-state index is 11.9. The van der Waals surface area contributed by atoms with Crippen LogP contribution in [0, 0.1) is 5.92 Å². The zero-order chi connectivity index (χ0) is 15.4. The molecule has 1 saturated heterocycles. The van der Waals surface area contributed by atoms with Gasteiger partial charge in [0, 0.05) is 12.6 Å². The van der Waals surface area contributed by atoms with Crippen LogP contribution in [0.2, 0.25) is 0 Å². The normalized spacial score (nSPS) is 21.3. The first-order chi connectivity index (χ1) is 10.7. The fourth-order valence-corrected chi connectivity index (χ4v) is 3.13. The van der Waals surface area contributed by atoms with Gasteiger partial charge in [-0.05, 0) is 50.3 Å². The van der Waals surface area contributed by atoms with Gasteiger partial charge in [0.25, 0.3) is 0 Å². The molecule has 120 valence electrons. The Labute approximate surface area is 133 Å². The topological polar surface area (TPSA) is 44.4 Å². The smallest absolute Gasteiger partial charge is 0.315 e. The van der Waals surface area contributed by atoms with Gasteiger partial charge in [0.2, 0.25) is 0 Å². The molecule has 1 aromatic rings. The van der Waals surface area contributed by atoms with Gasteiger partial charge in [-0.1, -0.05) is 37.3 Å². The second kappa shape index (κ2) is 7.14. The lowest BCUT2D eigenvalue weighted by Gasteiger charge is -2.37. The summed E-state index contributed by atoms with van der Waals surface area (Å²) in [5, 5.41) is 6.07. The number of nitrogens with one attached hydrogen (secondary N) is 2. The lowest BCUT2D eigenvalue weighted by molar-refractivity contribution is 0.136. The number of carbonyl (C=O) groups is 1. The van der Waals surface area contributed by atoms with E-state index in [9.17, 15) is 4.79 Å². The molecule has 0 radical (unpaired) electrons. The Balaban J connectivity index is 1.61. The quantitative estimate of drug-likeness (QED) is 0.878. The number of amides is 2. The Morgan fingerprint density at radius 1 is 1.18 bits per heavy atom. The number of likely N-dealkylation sites (tertiary alicyclic amines) is 1. The molecule has 0 spiro atoms. The first-order valence-corrected chi connectivity index (χ1v) is 8.55. The van der Waals surface area contributed by atoms with Crippen molar-refractivity contribution >= 4 is 6.03 Å². The number of hydrogen-bond donors (Lipinski definition) is 2. The van der Waals surface area contributed by atoms with Gasteiger partial charge in [0.05, 0.1) is 6.04 Å². The largest absolute Gasteiger partial charge is 0.336 e. The summed E-state index contributed by atoms with van der Waals surface area (Å²) in [6.45, 7) is 5.24. The average Bonchev–Trinajstić information content (AvgIpc) is 3.34. The summed E-state index contributed by atoms with van der Waals surface area (Å²) in [7, 11) is 0. The highest BCUT2D eigenvalue weighted by molar-refractivity contribution is 5.74. The van der Waals surface area contributed by atoms with Crippen LogP contribution in [0.15, 0.2) is 30.3 Å². The minimum atomic E-state index is -0.0196. The van der Waals surface area contributed by atoms with E-state index >= 15 is 0 Å². The molecule has 1 atom stereocenters. The van der Waals surface area contributed by atoms with Crippen LogP contribution in [-0.4, -0.2) is 36.6 Å². The van der Waals surface area contributed by atoms with Gasteiger partial charge in [-0.3, -0.25) is 4.90 Å². The highest BCUT2D eigenvalue weighted by Crippen LogP contribution is 2.26. The maximum atomic E-state index is 11.9. The van der Waals surface area contributed by atoms with Crippen LogP contribution >= 0.6 is 0 Å². The van der Waals surface area contributed by atoms with Crippen molar-refractivity contribution < 1.29 is 4.79 Å². The molecule has 2 amide bonds. The molecule has 3 rings (SSSR count). The van der Waals surface area contributed by atoms with E-state index in [1.165, 1.54) is 18.4 Å². The third kappa shape index (κ3) is 4.23. The van der Waals surface area contributed by atoms with E-state index in [1.54, 1.807) is 0 Å². The monoisotopic (exact) mass is 301 g/mol. The Morgan fingerprint density at radius 2 is 1.86 bits per heavy atom. The van der Waals surface area contributed by atoms with Gasteiger partial charge in [-0.2, -0.15) is 0 Å². The minimum Gasteiger partial charge on any atom is -0.336 e. The predicted octanol–water partition coefficient (Wildman–Crippen LogP) is 2.92. The number of carbonyl (C=O) groups excluding carboxylic acids is 1. The summed E-state index contributed by atoms with van der Waals surface area (Å²) < 4.78 is 0. The van der Waals surface area contributed by atoms with Crippen LogP contribution in [-0.2, 0) is 0 Å². The van der Waals surface area contributed by atoms with Gasteiger partial charge in [-0.25, -0.2) is 4.79 Å². The number of hydrogen-bond acceptors (Lipinski definition) is 2. The van der Waals surface area contributed by atoms with Gasteiger partial charge >= 0.3 is 6.03 Å². The van der Waals surface area contributed by atoms with Gasteiger partial charge in [-0.15, -0.1) is 0 Å². The number of benzene rings is 1. The third-order valence-corrected chi connectivity index (χ3v) is 4.81. The van der Waals surface area contributed by atoms with Crippen molar-refractivity contribution in [2.24, 2.45) is 5.92 Å². The zero-order valence-electron chi connectivity index (χ0n) is 13.4. The average molecular weight is 301 g/mol. The van der Waals surface area contributed by atoms with Crippen molar-refractivity contribution in [1.82, 2.24) is 15.5 Å². The summed E-state index contributed by atoms with van der Waals surface area (Å²) in [4.78, 5) is 14.4. The molecule has 2 fully saturated rings. The van der Waals surface area contributed by atoms with Crippen molar-refractivity contribution in [1.29, 1.82) is 0 Å². The van der Waals surface area contributed by atoms with Crippen molar-refractivity contribution in [3.8, 4) is 0 Å². The molecular formula is C18H27N3O. The highest BCUT2D eigenvalue weighted by Gasteiger charge is 2.26. The molecule has 1 aliphatic heterocycles. The zero-order valence-corrected chi connectivity index (χ0v) is 13.4. The van der Waals surface area contributed by atoms with Gasteiger partial charge < -0.3 is 10.6 Å². The maximum Gasteiger partial charge on any atom is 0.315 e. The molecule has 0 bridgehead atoms. The van der Waals surface area contributed by atoms with E-state index in [-0.39, 0.29) is 12.1 Å². The summed E-state index contributed by atoms with van der Waals surface area (Å²) >= 11 is 0. The first-order valence-electron chi connectivity index (χ1n) is 8.55. The predicted molar refractivity (Wildman–Crippen MR) is 88.7 cm³/mol. The van der Waals surface area contributed by atoms with Crippen molar-refractivity contribution in [2.75, 3.05) is 19.6 Å². The number of piperidine rings is 1. The molecule has 4 heteroatoms.